The molecule has 0 bridgehead atoms. The molecule has 2 N–H and O–H groups in total. The van der Waals surface area contributed by atoms with Crippen LogP contribution in [0.2, 0.25) is 0 Å². The molecule has 0 atom stereocenters. The Kier molecular flexibility index (Phi) is 5.39. The maximum Gasteiger partial charge on any atom is 0.255 e. The van der Waals surface area contributed by atoms with E-state index in [9.17, 15) is 9.59 Å². The third kappa shape index (κ3) is 4.44. The van der Waals surface area contributed by atoms with Crippen molar-refractivity contribution >= 4 is 17.5 Å². The van der Waals surface area contributed by atoms with Crippen LogP contribution in [0.5, 0.6) is 0 Å². The molecule has 24 heavy (non-hydrogen) atoms. The lowest BCUT2D eigenvalue weighted by Crippen LogP contribution is -2.22. The molecule has 0 aliphatic carbocycles. The molecule has 2 aromatic rings. The third-order valence-corrected chi connectivity index (χ3v) is 3.76. The molecule has 0 unspecified atom stereocenters. The van der Waals surface area contributed by atoms with Crippen molar-refractivity contribution < 1.29 is 9.59 Å². The van der Waals surface area contributed by atoms with Crippen molar-refractivity contribution in [2.24, 2.45) is 0 Å². The predicted octanol–water partition coefficient (Wildman–Crippen LogP) is 3.99. The fraction of sp³-hybridized carbons (Fsp3) is 0.300. The second-order valence-corrected chi connectivity index (χ2v) is 6.72. The summed E-state index contributed by atoms with van der Waals surface area (Å²) in [5.74, 6) is -0.283. The van der Waals surface area contributed by atoms with Crippen molar-refractivity contribution in [2.75, 3.05) is 11.9 Å². The van der Waals surface area contributed by atoms with Crippen LogP contribution < -0.4 is 10.6 Å². The predicted molar refractivity (Wildman–Crippen MR) is 97.5 cm³/mol. The summed E-state index contributed by atoms with van der Waals surface area (Å²) in [6, 6.07) is 14.5. The summed E-state index contributed by atoms with van der Waals surface area (Å²) >= 11 is 0. The van der Waals surface area contributed by atoms with Crippen molar-refractivity contribution in [1.29, 1.82) is 0 Å². The molecule has 2 amide bonds. The number of anilines is 1. The van der Waals surface area contributed by atoms with Crippen LogP contribution in [0.25, 0.3) is 0 Å². The van der Waals surface area contributed by atoms with Crippen molar-refractivity contribution in [1.82, 2.24) is 5.32 Å². The summed E-state index contributed by atoms with van der Waals surface area (Å²) in [4.78, 5) is 24.0. The van der Waals surface area contributed by atoms with Gasteiger partial charge in [-0.15, -0.1) is 0 Å². The molecule has 0 radical (unpaired) electrons. The highest BCUT2D eigenvalue weighted by atomic mass is 16.2. The number of benzene rings is 2. The fourth-order valence-electron chi connectivity index (χ4n) is 2.29. The van der Waals surface area contributed by atoms with E-state index >= 15 is 0 Å². The van der Waals surface area contributed by atoms with Crippen molar-refractivity contribution in [3.8, 4) is 0 Å². The highest BCUT2D eigenvalue weighted by Gasteiger charge is 2.14. The average Bonchev–Trinajstić information content (AvgIpc) is 2.55. The summed E-state index contributed by atoms with van der Waals surface area (Å²) in [5.41, 5.74) is 3.09. The highest BCUT2D eigenvalue weighted by Crippen LogP contribution is 2.22. The zero-order valence-corrected chi connectivity index (χ0v) is 14.6. The number of amides is 2. The lowest BCUT2D eigenvalue weighted by Gasteiger charge is -2.19. The summed E-state index contributed by atoms with van der Waals surface area (Å²) < 4.78 is 0. The monoisotopic (exact) mass is 324 g/mol. The SMILES string of the molecule is CCNC(=O)c1ccc(NC(=O)c2ccc(C(C)(C)C)cc2)cc1. The first-order chi connectivity index (χ1) is 11.3. The molecule has 0 saturated heterocycles. The van der Waals surface area contributed by atoms with Crippen LogP contribution in [0.15, 0.2) is 48.5 Å². The molecular weight excluding hydrogens is 300 g/mol. The summed E-state index contributed by atoms with van der Waals surface area (Å²) in [5, 5.41) is 5.58. The summed E-state index contributed by atoms with van der Waals surface area (Å²) in [6.07, 6.45) is 0. The lowest BCUT2D eigenvalue weighted by molar-refractivity contribution is 0.0955. The topological polar surface area (TPSA) is 58.2 Å². The summed E-state index contributed by atoms with van der Waals surface area (Å²) in [7, 11) is 0. The van der Waals surface area contributed by atoms with E-state index in [2.05, 4.69) is 31.4 Å². The first-order valence-electron chi connectivity index (χ1n) is 8.11. The molecule has 0 heterocycles. The first-order valence-corrected chi connectivity index (χ1v) is 8.11. The van der Waals surface area contributed by atoms with Crippen molar-refractivity contribution in [3.05, 3.63) is 65.2 Å². The zero-order chi connectivity index (χ0) is 17.7. The Hall–Kier alpha value is -2.62. The molecule has 0 aliphatic heterocycles. The van der Waals surface area contributed by atoms with Crippen LogP contribution in [-0.2, 0) is 5.41 Å². The molecule has 126 valence electrons. The van der Waals surface area contributed by atoms with Gasteiger partial charge < -0.3 is 10.6 Å². The molecule has 4 heteroatoms. The smallest absolute Gasteiger partial charge is 0.255 e. The number of rotatable bonds is 4. The van der Waals surface area contributed by atoms with Gasteiger partial charge in [0.05, 0.1) is 0 Å². The summed E-state index contributed by atoms with van der Waals surface area (Å²) in [6.45, 7) is 8.87. The molecular formula is C20H24N2O2. The Balaban J connectivity index is 2.05. The van der Waals surface area contributed by atoms with Gasteiger partial charge in [-0.25, -0.2) is 0 Å². The zero-order valence-electron chi connectivity index (χ0n) is 14.6. The Bertz CT molecular complexity index is 711. The van der Waals surface area contributed by atoms with E-state index in [1.54, 1.807) is 24.3 Å². The van der Waals surface area contributed by atoms with Crippen LogP contribution in [-0.4, -0.2) is 18.4 Å². The van der Waals surface area contributed by atoms with E-state index in [1.807, 2.05) is 31.2 Å². The number of carbonyl (C=O) groups excluding carboxylic acids is 2. The minimum atomic E-state index is -0.166. The van der Waals surface area contributed by atoms with E-state index < -0.39 is 0 Å². The third-order valence-electron chi connectivity index (χ3n) is 3.76. The first kappa shape index (κ1) is 17.7. The van der Waals surface area contributed by atoms with Gasteiger partial charge in [0.2, 0.25) is 0 Å². The molecule has 0 spiro atoms. The van der Waals surface area contributed by atoms with Gasteiger partial charge in [-0.2, -0.15) is 0 Å². The molecule has 0 fully saturated rings. The van der Waals surface area contributed by atoms with Gasteiger partial charge in [0.25, 0.3) is 11.8 Å². The maximum atomic E-state index is 12.3. The van der Waals surface area contributed by atoms with Crippen molar-refractivity contribution in [3.63, 3.8) is 0 Å². The molecule has 0 saturated carbocycles. The average molecular weight is 324 g/mol. The highest BCUT2D eigenvalue weighted by molar-refractivity contribution is 6.04. The van der Waals surface area contributed by atoms with Gasteiger partial charge in [-0.05, 0) is 54.3 Å². The van der Waals surface area contributed by atoms with Gasteiger partial charge in [-0.1, -0.05) is 32.9 Å². The van der Waals surface area contributed by atoms with Gasteiger partial charge >= 0.3 is 0 Å². The molecule has 2 rings (SSSR count). The largest absolute Gasteiger partial charge is 0.352 e. The Morgan fingerprint density at radius 2 is 1.33 bits per heavy atom. The van der Waals surface area contributed by atoms with Crippen LogP contribution in [0.3, 0.4) is 0 Å². The maximum absolute atomic E-state index is 12.3. The molecule has 2 aromatic carbocycles. The second kappa shape index (κ2) is 7.30. The molecule has 0 aliphatic rings. The number of nitrogens with one attached hydrogen (secondary N) is 2. The second-order valence-electron chi connectivity index (χ2n) is 6.72. The van der Waals surface area contributed by atoms with E-state index in [0.717, 1.165) is 0 Å². The Morgan fingerprint density at radius 1 is 0.833 bits per heavy atom. The lowest BCUT2D eigenvalue weighted by atomic mass is 9.87. The molecule has 4 nitrogen and oxygen atoms in total. The quantitative estimate of drug-likeness (QED) is 0.893. The molecule has 0 aromatic heterocycles. The van der Waals surface area contributed by atoms with Gasteiger partial charge in [0.1, 0.15) is 0 Å². The number of hydrogen-bond acceptors (Lipinski definition) is 2. The normalized spacial score (nSPS) is 11.0. The van der Waals surface area contributed by atoms with Crippen LogP contribution in [0, 0.1) is 0 Å². The van der Waals surface area contributed by atoms with Crippen LogP contribution in [0.4, 0.5) is 5.69 Å². The van der Waals surface area contributed by atoms with E-state index in [-0.39, 0.29) is 17.2 Å². The fourth-order valence-corrected chi connectivity index (χ4v) is 2.29. The Labute approximate surface area is 143 Å². The van der Waals surface area contributed by atoms with E-state index in [1.165, 1.54) is 5.56 Å². The standard InChI is InChI=1S/C20H24N2O2/c1-5-21-18(23)14-8-12-17(13-9-14)22-19(24)15-6-10-16(11-7-15)20(2,3)4/h6-13H,5H2,1-4H3,(H,21,23)(H,22,24). The van der Waals surface area contributed by atoms with Gasteiger partial charge in [0, 0.05) is 23.4 Å². The van der Waals surface area contributed by atoms with E-state index in [0.29, 0.717) is 23.4 Å². The number of carbonyl (C=O) groups is 2. The minimum absolute atomic E-state index is 0.0594. The Morgan fingerprint density at radius 3 is 1.83 bits per heavy atom. The van der Waals surface area contributed by atoms with Crippen molar-refractivity contribution in [2.45, 2.75) is 33.1 Å². The number of hydrogen-bond donors (Lipinski definition) is 2. The van der Waals surface area contributed by atoms with E-state index in [4.69, 9.17) is 0 Å². The van der Waals surface area contributed by atoms with Crippen LogP contribution >= 0.6 is 0 Å². The van der Waals surface area contributed by atoms with Crippen LogP contribution in [0.1, 0.15) is 54.0 Å². The minimum Gasteiger partial charge on any atom is -0.352 e. The van der Waals surface area contributed by atoms with Gasteiger partial charge in [0.15, 0.2) is 0 Å². The van der Waals surface area contributed by atoms with Gasteiger partial charge in [-0.3, -0.25) is 9.59 Å².